The summed E-state index contributed by atoms with van der Waals surface area (Å²) in [6.45, 7) is 3.74. The topological polar surface area (TPSA) is 116 Å². The number of amides is 4. The fraction of sp³-hybridized carbons (Fsp3) is 0.238. The van der Waals surface area contributed by atoms with Crippen molar-refractivity contribution in [2.24, 2.45) is 5.92 Å². The Morgan fingerprint density at radius 2 is 1.48 bits per heavy atom. The summed E-state index contributed by atoms with van der Waals surface area (Å²) in [5, 5.41) is 9.29. The van der Waals surface area contributed by atoms with Gasteiger partial charge in [-0.2, -0.15) is 0 Å². The van der Waals surface area contributed by atoms with E-state index in [1.165, 1.54) is 24.3 Å². The lowest BCUT2D eigenvalue weighted by Gasteiger charge is -2.26. The zero-order valence-corrected chi connectivity index (χ0v) is 16.0. The Morgan fingerprint density at radius 3 is 2.00 bits per heavy atom. The van der Waals surface area contributed by atoms with Crippen molar-refractivity contribution in [1.82, 2.24) is 15.8 Å². The van der Waals surface area contributed by atoms with Gasteiger partial charge in [-0.1, -0.05) is 26.0 Å². The second-order valence-corrected chi connectivity index (χ2v) is 7.16. The van der Waals surface area contributed by atoms with Crippen LogP contribution in [0.4, 0.5) is 0 Å². The number of benzene rings is 2. The first-order chi connectivity index (χ1) is 13.8. The third-order valence-corrected chi connectivity index (χ3v) is 4.56. The Balaban J connectivity index is 1.76. The van der Waals surface area contributed by atoms with Crippen LogP contribution < -0.4 is 10.9 Å². The number of aromatic hydroxyl groups is 1. The number of hydrazine groups is 1. The normalized spacial score (nSPS) is 14.0. The Morgan fingerprint density at radius 1 is 0.931 bits per heavy atom. The maximum atomic E-state index is 12.8. The molecule has 0 unspecified atom stereocenters. The highest BCUT2D eigenvalue weighted by molar-refractivity contribution is 6.22. The molecule has 29 heavy (non-hydrogen) atoms. The molecule has 150 valence electrons. The Hall–Kier alpha value is -3.68. The summed E-state index contributed by atoms with van der Waals surface area (Å²) < 4.78 is 0. The molecule has 0 aliphatic carbocycles. The predicted molar refractivity (Wildman–Crippen MR) is 104 cm³/mol. The summed E-state index contributed by atoms with van der Waals surface area (Å²) in [6, 6.07) is 10.8. The lowest BCUT2D eigenvalue weighted by atomic mass is 10.0. The molecule has 0 fully saturated rings. The molecule has 0 aromatic heterocycles. The molecule has 0 saturated carbocycles. The number of phenolic OH excluding ortho intramolecular Hbond substituents is 1. The van der Waals surface area contributed by atoms with Crippen molar-refractivity contribution in [2.75, 3.05) is 0 Å². The van der Waals surface area contributed by atoms with E-state index < -0.39 is 29.7 Å². The summed E-state index contributed by atoms with van der Waals surface area (Å²) in [6.07, 6.45) is 0.242. The van der Waals surface area contributed by atoms with Crippen molar-refractivity contribution < 1.29 is 24.3 Å². The first kappa shape index (κ1) is 20.1. The molecule has 0 spiro atoms. The van der Waals surface area contributed by atoms with Crippen molar-refractivity contribution in [2.45, 2.75) is 26.3 Å². The number of rotatable bonds is 5. The van der Waals surface area contributed by atoms with Crippen LogP contribution in [0.25, 0.3) is 0 Å². The second kappa shape index (κ2) is 8.14. The van der Waals surface area contributed by atoms with Gasteiger partial charge in [0.15, 0.2) is 0 Å². The molecule has 8 heteroatoms. The monoisotopic (exact) mass is 395 g/mol. The first-order valence-electron chi connectivity index (χ1n) is 9.15. The zero-order chi connectivity index (χ0) is 21.1. The number of nitrogens with zero attached hydrogens (tertiary/aromatic N) is 1. The van der Waals surface area contributed by atoms with E-state index in [2.05, 4.69) is 10.9 Å². The van der Waals surface area contributed by atoms with Crippen molar-refractivity contribution in [3.8, 4) is 5.75 Å². The number of carbonyl (C=O) groups is 4. The van der Waals surface area contributed by atoms with Gasteiger partial charge in [0.1, 0.15) is 11.8 Å². The molecule has 4 amide bonds. The van der Waals surface area contributed by atoms with Crippen LogP contribution >= 0.6 is 0 Å². The number of hydrogen-bond donors (Lipinski definition) is 3. The summed E-state index contributed by atoms with van der Waals surface area (Å²) in [5.74, 6) is -2.30. The van der Waals surface area contributed by atoms with E-state index in [9.17, 15) is 24.3 Å². The van der Waals surface area contributed by atoms with E-state index in [1.807, 2.05) is 13.8 Å². The Bertz CT molecular complexity index is 934. The minimum Gasteiger partial charge on any atom is -0.508 e. The van der Waals surface area contributed by atoms with E-state index in [4.69, 9.17) is 0 Å². The fourth-order valence-electron chi connectivity index (χ4n) is 3.15. The van der Waals surface area contributed by atoms with E-state index in [0.29, 0.717) is 0 Å². The van der Waals surface area contributed by atoms with Gasteiger partial charge in [-0.15, -0.1) is 0 Å². The average Bonchev–Trinajstić information content (AvgIpc) is 2.95. The lowest BCUT2D eigenvalue weighted by Crippen LogP contribution is -2.54. The number of fused-ring (bicyclic) bond motifs is 1. The highest BCUT2D eigenvalue weighted by atomic mass is 16.3. The summed E-state index contributed by atoms with van der Waals surface area (Å²) in [4.78, 5) is 51.4. The number of hydrogen-bond acceptors (Lipinski definition) is 5. The highest BCUT2D eigenvalue weighted by Gasteiger charge is 2.42. The first-order valence-corrected chi connectivity index (χ1v) is 9.15. The van der Waals surface area contributed by atoms with Gasteiger partial charge in [0.05, 0.1) is 11.1 Å². The van der Waals surface area contributed by atoms with Crippen LogP contribution in [-0.2, 0) is 4.79 Å². The van der Waals surface area contributed by atoms with Gasteiger partial charge in [0.2, 0.25) is 0 Å². The zero-order valence-electron chi connectivity index (χ0n) is 16.0. The fourth-order valence-corrected chi connectivity index (χ4v) is 3.15. The molecule has 3 rings (SSSR count). The Kier molecular flexibility index (Phi) is 5.63. The molecule has 0 radical (unpaired) electrons. The van der Waals surface area contributed by atoms with Gasteiger partial charge >= 0.3 is 0 Å². The summed E-state index contributed by atoms with van der Waals surface area (Å²) >= 11 is 0. The Labute approximate surface area is 167 Å². The molecule has 1 atom stereocenters. The molecule has 2 aromatic rings. The molecule has 1 aliphatic heterocycles. The van der Waals surface area contributed by atoms with E-state index in [0.717, 1.165) is 4.90 Å². The minimum absolute atomic E-state index is 0.00760. The summed E-state index contributed by atoms with van der Waals surface area (Å²) in [5.41, 5.74) is 5.31. The standard InChI is InChI=1S/C21H21N3O5/c1-12(2)11-17(24-20(28)15-5-3-4-6-16(15)21(24)29)19(27)23-22-18(26)13-7-9-14(25)10-8-13/h3-10,12,17,25H,11H2,1-2H3,(H,22,26)(H,23,27)/t17-/m1/s1. The molecule has 2 aromatic carbocycles. The molecular formula is C21H21N3O5. The SMILES string of the molecule is CC(C)C[C@H](C(=O)NNC(=O)c1ccc(O)cc1)N1C(=O)c2ccccc2C1=O. The van der Waals surface area contributed by atoms with Crippen molar-refractivity contribution in [1.29, 1.82) is 0 Å². The highest BCUT2D eigenvalue weighted by Crippen LogP contribution is 2.26. The molecule has 8 nitrogen and oxygen atoms in total. The quantitative estimate of drug-likeness (QED) is 0.528. The molecule has 1 aliphatic rings. The predicted octanol–water partition coefficient (Wildman–Crippen LogP) is 1.86. The van der Waals surface area contributed by atoms with Crippen LogP contribution in [-0.4, -0.2) is 39.7 Å². The van der Waals surface area contributed by atoms with Crippen LogP contribution in [0.2, 0.25) is 0 Å². The minimum atomic E-state index is -1.07. The molecular weight excluding hydrogens is 374 g/mol. The maximum absolute atomic E-state index is 12.8. The molecule has 0 saturated heterocycles. The summed E-state index contributed by atoms with van der Waals surface area (Å²) in [7, 11) is 0. The molecule has 0 bridgehead atoms. The lowest BCUT2D eigenvalue weighted by molar-refractivity contribution is -0.126. The van der Waals surface area contributed by atoms with Crippen molar-refractivity contribution in [3.63, 3.8) is 0 Å². The number of nitrogens with one attached hydrogen (secondary N) is 2. The molecule has 3 N–H and O–H groups in total. The van der Waals surface area contributed by atoms with E-state index in [1.54, 1.807) is 24.3 Å². The van der Waals surface area contributed by atoms with E-state index >= 15 is 0 Å². The van der Waals surface area contributed by atoms with Crippen molar-refractivity contribution in [3.05, 3.63) is 65.2 Å². The smallest absolute Gasteiger partial charge is 0.269 e. The van der Waals surface area contributed by atoms with Gasteiger partial charge < -0.3 is 5.11 Å². The van der Waals surface area contributed by atoms with Crippen LogP contribution in [0, 0.1) is 5.92 Å². The van der Waals surface area contributed by atoms with Gasteiger partial charge in [0.25, 0.3) is 23.6 Å². The average molecular weight is 395 g/mol. The van der Waals surface area contributed by atoms with Gasteiger partial charge in [-0.05, 0) is 48.7 Å². The van der Waals surface area contributed by atoms with Gasteiger partial charge in [-0.3, -0.25) is 34.9 Å². The van der Waals surface area contributed by atoms with Crippen LogP contribution in [0.15, 0.2) is 48.5 Å². The van der Waals surface area contributed by atoms with Crippen molar-refractivity contribution >= 4 is 23.6 Å². The van der Waals surface area contributed by atoms with Gasteiger partial charge in [0, 0.05) is 5.56 Å². The van der Waals surface area contributed by atoms with Gasteiger partial charge in [-0.25, -0.2) is 0 Å². The number of phenols is 1. The third-order valence-electron chi connectivity index (χ3n) is 4.56. The van der Waals surface area contributed by atoms with Crippen LogP contribution in [0.3, 0.4) is 0 Å². The molecule has 1 heterocycles. The van der Waals surface area contributed by atoms with E-state index in [-0.39, 0.29) is 34.8 Å². The van der Waals surface area contributed by atoms with Crippen LogP contribution in [0.5, 0.6) is 5.75 Å². The number of imide groups is 1. The maximum Gasteiger partial charge on any atom is 0.269 e. The number of carbonyl (C=O) groups excluding carboxylic acids is 4. The third kappa shape index (κ3) is 4.11. The second-order valence-electron chi connectivity index (χ2n) is 7.16. The largest absolute Gasteiger partial charge is 0.508 e. The van der Waals surface area contributed by atoms with Crippen LogP contribution in [0.1, 0.15) is 51.3 Å².